The lowest BCUT2D eigenvalue weighted by molar-refractivity contribution is 0.208. The van der Waals surface area contributed by atoms with Crippen LogP contribution in [0, 0.1) is 0 Å². The molecule has 3 nitrogen and oxygen atoms in total. The monoisotopic (exact) mass is 177 g/mol. The lowest BCUT2D eigenvalue weighted by atomic mass is 10.2. The van der Waals surface area contributed by atoms with Crippen LogP contribution < -0.4 is 5.32 Å². The lowest BCUT2D eigenvalue weighted by Crippen LogP contribution is -2.30. The summed E-state index contributed by atoms with van der Waals surface area (Å²) in [6.45, 7) is 0.608. The third kappa shape index (κ3) is 2.78. The summed E-state index contributed by atoms with van der Waals surface area (Å²) in [7, 11) is 3.24. The summed E-state index contributed by atoms with van der Waals surface area (Å²) in [5, 5.41) is 3.57. The molecule has 0 bridgehead atoms. The Morgan fingerprint density at radius 2 is 2.00 bits per heavy atom. The van der Waals surface area contributed by atoms with Crippen LogP contribution in [0.15, 0.2) is 30.3 Å². The molecule has 0 aromatic heterocycles. The Morgan fingerprint density at radius 3 is 2.54 bits per heavy atom. The highest BCUT2D eigenvalue weighted by Gasteiger charge is 2.06. The standard InChI is InChI=1S/C10H13N2O/c1-11-10(13)12(2)8-9-6-4-3-5-7-9/h3-7H,8H2,1-2H3. The number of benzene rings is 1. The van der Waals surface area contributed by atoms with Crippen molar-refractivity contribution in [2.75, 3.05) is 14.1 Å². The first-order valence-corrected chi connectivity index (χ1v) is 4.13. The zero-order valence-corrected chi connectivity index (χ0v) is 7.90. The number of hydrogen-bond acceptors (Lipinski definition) is 1. The van der Waals surface area contributed by atoms with E-state index < -0.39 is 0 Å². The minimum atomic E-state index is -0.191. The number of urea groups is 1. The van der Waals surface area contributed by atoms with Gasteiger partial charge in [-0.05, 0) is 5.56 Å². The van der Waals surface area contributed by atoms with E-state index in [2.05, 4.69) is 5.32 Å². The molecule has 2 amide bonds. The van der Waals surface area contributed by atoms with Crippen LogP contribution in [0.2, 0.25) is 0 Å². The number of nitrogens with zero attached hydrogens (tertiary/aromatic N) is 2. The molecule has 0 aliphatic heterocycles. The number of amides is 2. The molecule has 0 N–H and O–H groups in total. The van der Waals surface area contributed by atoms with Crippen molar-refractivity contribution in [3.05, 3.63) is 35.9 Å². The SMILES string of the molecule is C[N]C(=O)N(C)Cc1ccccc1. The van der Waals surface area contributed by atoms with Crippen LogP contribution in [0.1, 0.15) is 5.56 Å². The summed E-state index contributed by atoms with van der Waals surface area (Å²) in [5.74, 6) is 0. The third-order valence-corrected chi connectivity index (χ3v) is 1.78. The maximum absolute atomic E-state index is 11.1. The first kappa shape index (κ1) is 9.58. The minimum Gasteiger partial charge on any atom is -0.322 e. The fraction of sp³-hybridized carbons (Fsp3) is 0.300. The van der Waals surface area contributed by atoms with Gasteiger partial charge >= 0.3 is 6.03 Å². The van der Waals surface area contributed by atoms with Crippen molar-refractivity contribution in [3.8, 4) is 0 Å². The van der Waals surface area contributed by atoms with E-state index in [1.54, 1.807) is 11.9 Å². The molecule has 1 radical (unpaired) electrons. The highest BCUT2D eigenvalue weighted by Crippen LogP contribution is 2.02. The van der Waals surface area contributed by atoms with E-state index in [1.807, 2.05) is 30.3 Å². The zero-order chi connectivity index (χ0) is 9.68. The van der Waals surface area contributed by atoms with Gasteiger partial charge in [0.25, 0.3) is 0 Å². The van der Waals surface area contributed by atoms with Crippen molar-refractivity contribution in [2.24, 2.45) is 0 Å². The third-order valence-electron chi connectivity index (χ3n) is 1.78. The fourth-order valence-electron chi connectivity index (χ4n) is 1.10. The second-order valence-electron chi connectivity index (χ2n) is 2.85. The molecule has 3 heteroatoms. The van der Waals surface area contributed by atoms with Gasteiger partial charge in [-0.25, -0.2) is 10.1 Å². The molecule has 1 rings (SSSR count). The number of carbonyl (C=O) groups is 1. The van der Waals surface area contributed by atoms with Crippen molar-refractivity contribution >= 4 is 6.03 Å². The smallest absolute Gasteiger partial charge is 0.322 e. The molecule has 0 aliphatic carbocycles. The normalized spacial score (nSPS) is 9.38. The Labute approximate surface area is 78.4 Å². The van der Waals surface area contributed by atoms with E-state index in [9.17, 15) is 4.79 Å². The van der Waals surface area contributed by atoms with Crippen molar-refractivity contribution in [3.63, 3.8) is 0 Å². The van der Waals surface area contributed by atoms with Crippen LogP contribution in [0.3, 0.4) is 0 Å². The van der Waals surface area contributed by atoms with Crippen molar-refractivity contribution < 1.29 is 4.79 Å². The second kappa shape index (κ2) is 4.50. The topological polar surface area (TPSA) is 34.4 Å². The van der Waals surface area contributed by atoms with Gasteiger partial charge in [0.2, 0.25) is 0 Å². The molecule has 0 spiro atoms. The zero-order valence-electron chi connectivity index (χ0n) is 7.90. The summed E-state index contributed by atoms with van der Waals surface area (Å²) in [6.07, 6.45) is 0. The number of rotatable bonds is 2. The van der Waals surface area contributed by atoms with Crippen LogP contribution in [-0.2, 0) is 6.54 Å². The Hall–Kier alpha value is -1.51. The van der Waals surface area contributed by atoms with Crippen LogP contribution in [0.5, 0.6) is 0 Å². The molecule has 0 saturated carbocycles. The summed E-state index contributed by atoms with van der Waals surface area (Å²) >= 11 is 0. The quantitative estimate of drug-likeness (QED) is 0.673. The fourth-order valence-corrected chi connectivity index (χ4v) is 1.10. The average Bonchev–Trinajstić information content (AvgIpc) is 2.18. The Morgan fingerprint density at radius 1 is 1.38 bits per heavy atom. The first-order chi connectivity index (χ1) is 6.24. The predicted molar refractivity (Wildman–Crippen MR) is 51.4 cm³/mol. The summed E-state index contributed by atoms with van der Waals surface area (Å²) < 4.78 is 0. The van der Waals surface area contributed by atoms with Crippen LogP contribution >= 0.6 is 0 Å². The summed E-state index contributed by atoms with van der Waals surface area (Å²) in [5.41, 5.74) is 1.11. The second-order valence-corrected chi connectivity index (χ2v) is 2.85. The van der Waals surface area contributed by atoms with Gasteiger partial charge in [0.1, 0.15) is 0 Å². The van der Waals surface area contributed by atoms with Gasteiger partial charge in [-0.15, -0.1) is 0 Å². The summed E-state index contributed by atoms with van der Waals surface area (Å²) in [4.78, 5) is 12.7. The Kier molecular flexibility index (Phi) is 3.31. The molecule has 13 heavy (non-hydrogen) atoms. The van der Waals surface area contributed by atoms with Crippen molar-refractivity contribution in [2.45, 2.75) is 6.54 Å². The average molecular weight is 177 g/mol. The highest BCUT2D eigenvalue weighted by molar-refractivity contribution is 5.73. The Balaban J connectivity index is 2.55. The van der Waals surface area contributed by atoms with Crippen LogP contribution in [-0.4, -0.2) is 25.0 Å². The molecule has 0 saturated heterocycles. The first-order valence-electron chi connectivity index (χ1n) is 4.13. The van der Waals surface area contributed by atoms with Gasteiger partial charge in [-0.1, -0.05) is 30.3 Å². The van der Waals surface area contributed by atoms with Crippen LogP contribution in [0.4, 0.5) is 4.79 Å². The number of hydrogen-bond donors (Lipinski definition) is 0. The van der Waals surface area contributed by atoms with E-state index in [4.69, 9.17) is 0 Å². The highest BCUT2D eigenvalue weighted by atomic mass is 16.2. The molecule has 0 atom stereocenters. The van der Waals surface area contributed by atoms with Gasteiger partial charge in [0, 0.05) is 20.6 Å². The van der Waals surface area contributed by atoms with Gasteiger partial charge < -0.3 is 4.90 Å². The van der Waals surface area contributed by atoms with Gasteiger partial charge in [-0.2, -0.15) is 0 Å². The van der Waals surface area contributed by atoms with Crippen LogP contribution in [0.25, 0.3) is 0 Å². The molecule has 1 aromatic rings. The lowest BCUT2D eigenvalue weighted by Gasteiger charge is -2.14. The Bertz CT molecular complexity index is 272. The van der Waals surface area contributed by atoms with Gasteiger partial charge in [0.15, 0.2) is 0 Å². The van der Waals surface area contributed by atoms with Crippen molar-refractivity contribution in [1.29, 1.82) is 0 Å². The maximum atomic E-state index is 11.1. The van der Waals surface area contributed by atoms with Gasteiger partial charge in [0.05, 0.1) is 0 Å². The molecule has 0 fully saturated rings. The van der Waals surface area contributed by atoms with E-state index in [0.717, 1.165) is 5.56 Å². The van der Waals surface area contributed by atoms with E-state index in [1.165, 1.54) is 7.05 Å². The van der Waals surface area contributed by atoms with E-state index >= 15 is 0 Å². The minimum absolute atomic E-state index is 0.191. The van der Waals surface area contributed by atoms with Gasteiger partial charge in [-0.3, -0.25) is 0 Å². The molecular weight excluding hydrogens is 164 g/mol. The molecule has 1 aromatic carbocycles. The number of carbonyl (C=O) groups excluding carboxylic acids is 1. The maximum Gasteiger partial charge on any atom is 0.338 e. The predicted octanol–water partition coefficient (Wildman–Crippen LogP) is 1.47. The van der Waals surface area contributed by atoms with E-state index in [0.29, 0.717) is 6.54 Å². The largest absolute Gasteiger partial charge is 0.338 e. The van der Waals surface area contributed by atoms with E-state index in [-0.39, 0.29) is 6.03 Å². The molecular formula is C10H13N2O. The van der Waals surface area contributed by atoms with Crippen molar-refractivity contribution in [1.82, 2.24) is 10.2 Å². The molecule has 69 valence electrons. The molecule has 0 heterocycles. The molecule has 0 unspecified atom stereocenters. The molecule has 0 aliphatic rings. The summed E-state index contributed by atoms with van der Waals surface area (Å²) in [6, 6.07) is 9.64.